The number of halogens is 4. The molecule has 33 heavy (non-hydrogen) atoms. The number of benzene rings is 1. The summed E-state index contributed by atoms with van der Waals surface area (Å²) in [6.07, 6.45) is 1.53. The molecule has 0 aliphatic carbocycles. The van der Waals surface area contributed by atoms with Gasteiger partial charge in [0.2, 0.25) is 0 Å². The number of aromatic nitrogens is 3. The van der Waals surface area contributed by atoms with Crippen molar-refractivity contribution in [2.75, 3.05) is 5.32 Å². The summed E-state index contributed by atoms with van der Waals surface area (Å²) in [6, 6.07) is 7.60. The molecule has 0 atom stereocenters. The lowest BCUT2D eigenvalue weighted by Gasteiger charge is -2.15. The van der Waals surface area contributed by atoms with Gasteiger partial charge in [-0.1, -0.05) is 48.7 Å². The molecule has 0 fully saturated rings. The van der Waals surface area contributed by atoms with Crippen LogP contribution in [0.4, 0.5) is 5.69 Å². The zero-order chi connectivity index (χ0) is 24.7. The quantitative estimate of drug-likeness (QED) is 0.317. The van der Waals surface area contributed by atoms with Gasteiger partial charge in [0, 0.05) is 23.3 Å². The number of pyridine rings is 1. The molecule has 0 saturated carbocycles. The molecular weight excluding hydrogens is 555 g/mol. The molecule has 12 heteroatoms. The van der Waals surface area contributed by atoms with E-state index in [1.165, 1.54) is 29.1 Å². The molecule has 0 aliphatic rings. The maximum absolute atomic E-state index is 13.1. The zero-order valence-electron chi connectivity index (χ0n) is 18.2. The minimum absolute atomic E-state index is 0.00790. The zero-order valence-corrected chi connectivity index (χ0v) is 22.1. The molecule has 0 aliphatic heterocycles. The van der Waals surface area contributed by atoms with Gasteiger partial charge in [0.15, 0.2) is 5.82 Å². The molecule has 2 heterocycles. The molecule has 0 spiro atoms. The van der Waals surface area contributed by atoms with Crippen LogP contribution in [0, 0.1) is 0 Å². The van der Waals surface area contributed by atoms with Gasteiger partial charge in [0.25, 0.3) is 11.8 Å². The van der Waals surface area contributed by atoms with Crippen molar-refractivity contribution >= 4 is 68.2 Å². The summed E-state index contributed by atoms with van der Waals surface area (Å²) in [5.74, 6) is -0.841. The molecule has 1 aromatic carbocycles. The smallest absolute Gasteiger partial charge is 0.274 e. The van der Waals surface area contributed by atoms with E-state index in [0.29, 0.717) is 9.63 Å². The second-order valence-electron chi connectivity index (χ2n) is 6.59. The number of rotatable bonds is 6. The first-order valence-corrected chi connectivity index (χ1v) is 11.8. The van der Waals surface area contributed by atoms with Crippen LogP contribution >= 0.6 is 50.7 Å². The lowest BCUT2D eigenvalue weighted by atomic mass is 10.1. The van der Waals surface area contributed by atoms with E-state index in [4.69, 9.17) is 34.8 Å². The first-order chi connectivity index (χ1) is 15.7. The Bertz CT molecular complexity index is 1150. The monoisotopic (exact) mass is 574 g/mol. The highest BCUT2D eigenvalue weighted by molar-refractivity contribution is 9.10. The molecule has 2 amide bonds. The Morgan fingerprint density at radius 2 is 1.76 bits per heavy atom. The van der Waals surface area contributed by atoms with E-state index in [1.807, 2.05) is 27.7 Å². The van der Waals surface area contributed by atoms with Gasteiger partial charge in [-0.2, -0.15) is 5.10 Å². The van der Waals surface area contributed by atoms with E-state index in [-0.39, 0.29) is 38.8 Å². The fourth-order valence-corrected chi connectivity index (χ4v) is 3.66. The number of carbonyl (C=O) groups is 2. The van der Waals surface area contributed by atoms with Gasteiger partial charge in [-0.05, 0) is 54.0 Å². The van der Waals surface area contributed by atoms with Crippen LogP contribution in [0.1, 0.15) is 48.5 Å². The van der Waals surface area contributed by atoms with Gasteiger partial charge in [0.05, 0.1) is 21.3 Å². The minimum Gasteiger partial charge on any atom is -0.319 e. The first-order valence-electron chi connectivity index (χ1n) is 9.90. The average molecular weight is 577 g/mol. The summed E-state index contributed by atoms with van der Waals surface area (Å²) < 4.78 is 1.67. The summed E-state index contributed by atoms with van der Waals surface area (Å²) in [4.78, 5) is 29.9. The van der Waals surface area contributed by atoms with Crippen molar-refractivity contribution in [1.29, 1.82) is 0 Å². The summed E-state index contributed by atoms with van der Waals surface area (Å²) in [6.45, 7) is 7.71. The van der Waals surface area contributed by atoms with E-state index in [0.717, 1.165) is 0 Å². The molecule has 3 N–H and O–H groups in total. The van der Waals surface area contributed by atoms with Gasteiger partial charge >= 0.3 is 0 Å². The third-order valence-corrected chi connectivity index (χ3v) is 5.06. The van der Waals surface area contributed by atoms with Crippen molar-refractivity contribution < 1.29 is 9.59 Å². The summed E-state index contributed by atoms with van der Waals surface area (Å²) >= 11 is 21.8. The van der Waals surface area contributed by atoms with Gasteiger partial charge in [0.1, 0.15) is 10.3 Å². The molecule has 3 aromatic rings. The van der Waals surface area contributed by atoms with Crippen LogP contribution < -0.4 is 16.2 Å². The summed E-state index contributed by atoms with van der Waals surface area (Å²) in [5, 5.41) is 7.53. The van der Waals surface area contributed by atoms with Crippen LogP contribution in [-0.4, -0.2) is 32.6 Å². The lowest BCUT2D eigenvalue weighted by molar-refractivity contribution is 0.0928. The third-order valence-electron chi connectivity index (χ3n) is 3.86. The number of amides is 2. The van der Waals surface area contributed by atoms with Crippen LogP contribution in [0.5, 0.6) is 0 Å². The largest absolute Gasteiger partial charge is 0.319 e. The highest BCUT2D eigenvalue weighted by Crippen LogP contribution is 2.31. The molecule has 0 radical (unpaired) electrons. The van der Waals surface area contributed by atoms with Crippen molar-refractivity contribution in [3.63, 3.8) is 0 Å². The Morgan fingerprint density at radius 3 is 2.39 bits per heavy atom. The van der Waals surface area contributed by atoms with Crippen LogP contribution in [0.25, 0.3) is 5.82 Å². The summed E-state index contributed by atoms with van der Waals surface area (Å²) in [5.41, 5.74) is 5.63. The first kappa shape index (κ1) is 27.1. The van der Waals surface area contributed by atoms with Gasteiger partial charge in [-0.15, -0.1) is 0 Å². The number of hydrogen-bond donors (Lipinski definition) is 3. The van der Waals surface area contributed by atoms with E-state index < -0.39 is 11.8 Å². The van der Waals surface area contributed by atoms with Gasteiger partial charge < -0.3 is 5.32 Å². The number of hydrazine groups is 1. The van der Waals surface area contributed by atoms with E-state index in [9.17, 15) is 9.59 Å². The molecule has 0 unspecified atom stereocenters. The number of anilines is 1. The second-order valence-corrected chi connectivity index (χ2v) is 8.65. The maximum atomic E-state index is 13.1. The summed E-state index contributed by atoms with van der Waals surface area (Å²) in [7, 11) is 0. The minimum atomic E-state index is -0.588. The van der Waals surface area contributed by atoms with E-state index in [1.54, 1.807) is 12.1 Å². The fraction of sp³-hybridized carbons (Fsp3) is 0.238. The van der Waals surface area contributed by atoms with Crippen LogP contribution in [-0.2, 0) is 0 Å². The molecule has 8 nitrogen and oxygen atoms in total. The third kappa shape index (κ3) is 6.91. The standard InChI is InChI=1S/C19H16BrCl3N6O2.C2H6/c1-9(2)26-27-18(30)11-6-10(21)7-13(23)16(11)25-19(31)14-8-15(20)28-29(14)17-12(22)4-3-5-24-17;1-2/h3-9,26H,1-2H3,(H,25,31)(H,27,30);1-2H3. The van der Waals surface area contributed by atoms with E-state index >= 15 is 0 Å². The molecule has 176 valence electrons. The highest BCUT2D eigenvalue weighted by Gasteiger charge is 2.23. The second kappa shape index (κ2) is 12.3. The predicted octanol–water partition coefficient (Wildman–Crippen LogP) is 5.91. The predicted molar refractivity (Wildman–Crippen MR) is 136 cm³/mol. The maximum Gasteiger partial charge on any atom is 0.274 e. The van der Waals surface area contributed by atoms with E-state index in [2.05, 4.69) is 42.2 Å². The molecule has 0 bridgehead atoms. The molecule has 2 aromatic heterocycles. The Morgan fingerprint density at radius 1 is 1.06 bits per heavy atom. The number of nitrogens with zero attached hydrogens (tertiary/aromatic N) is 3. The van der Waals surface area contributed by atoms with Gasteiger partial charge in [-0.3, -0.25) is 15.0 Å². The Kier molecular flexibility index (Phi) is 10.1. The molecule has 3 rings (SSSR count). The topological polar surface area (TPSA) is 101 Å². The van der Waals surface area contributed by atoms with Crippen molar-refractivity contribution in [2.45, 2.75) is 33.7 Å². The van der Waals surface area contributed by atoms with Crippen molar-refractivity contribution in [1.82, 2.24) is 25.6 Å². The van der Waals surface area contributed by atoms with Crippen LogP contribution in [0.2, 0.25) is 15.1 Å². The Hall–Kier alpha value is -2.17. The molecular formula is C21H22BrCl3N6O2. The van der Waals surface area contributed by atoms with Gasteiger partial charge in [-0.25, -0.2) is 15.1 Å². The lowest BCUT2D eigenvalue weighted by Crippen LogP contribution is -2.42. The molecule has 0 saturated heterocycles. The SMILES string of the molecule is CC.CC(C)NNC(=O)c1cc(Cl)cc(Cl)c1NC(=O)c1cc(Br)nn1-c1ncccc1Cl. The number of carbonyl (C=O) groups excluding carboxylic acids is 2. The van der Waals surface area contributed by atoms with Crippen LogP contribution in [0.15, 0.2) is 41.1 Å². The average Bonchev–Trinajstić information content (AvgIpc) is 3.16. The van der Waals surface area contributed by atoms with Crippen molar-refractivity contribution in [2.24, 2.45) is 0 Å². The Labute approximate surface area is 215 Å². The van der Waals surface area contributed by atoms with Crippen molar-refractivity contribution in [3.8, 4) is 5.82 Å². The van der Waals surface area contributed by atoms with Crippen molar-refractivity contribution in [3.05, 3.63) is 67.5 Å². The van der Waals surface area contributed by atoms with Crippen LogP contribution in [0.3, 0.4) is 0 Å². The highest BCUT2D eigenvalue weighted by atomic mass is 79.9. The fourth-order valence-electron chi connectivity index (χ4n) is 2.54. The number of nitrogens with one attached hydrogen (secondary N) is 3. The number of hydrogen-bond acceptors (Lipinski definition) is 5. The normalized spacial score (nSPS) is 10.5. The Balaban J connectivity index is 0.00000187.